The molecule has 3 N–H and O–H groups in total. The average molecular weight is 409 g/mol. The van der Waals surface area contributed by atoms with E-state index < -0.39 is 0 Å². The van der Waals surface area contributed by atoms with Crippen LogP contribution in [0.3, 0.4) is 0 Å². The number of amides is 3. The lowest BCUT2D eigenvalue weighted by Gasteiger charge is -2.34. The molecule has 1 aromatic rings. The molecule has 0 saturated carbocycles. The monoisotopic (exact) mass is 408 g/mol. The van der Waals surface area contributed by atoms with E-state index in [-0.39, 0.29) is 24.5 Å². The second kappa shape index (κ2) is 9.85. The number of nitrogens with one attached hydrogen (secondary N) is 3. The molecule has 1 aromatic heterocycles. The van der Waals surface area contributed by atoms with Gasteiger partial charge in [0.15, 0.2) is 5.96 Å². The van der Waals surface area contributed by atoms with E-state index in [9.17, 15) is 9.59 Å². The lowest BCUT2D eigenvalue weighted by atomic mass is 10.2. The Morgan fingerprint density at radius 3 is 2.71 bits per heavy atom. The van der Waals surface area contributed by atoms with Gasteiger partial charge in [-0.25, -0.2) is 4.79 Å². The van der Waals surface area contributed by atoms with E-state index in [1.54, 1.807) is 7.05 Å². The van der Waals surface area contributed by atoms with Crippen LogP contribution in [0.1, 0.15) is 15.8 Å². The maximum atomic E-state index is 11.6. The molecular formula is C18H28N6O3S. The predicted octanol–water partition coefficient (Wildman–Crippen LogP) is 0.147. The van der Waals surface area contributed by atoms with Crippen molar-refractivity contribution in [3.8, 4) is 0 Å². The topological polar surface area (TPSA) is 98.3 Å². The van der Waals surface area contributed by atoms with Crippen molar-refractivity contribution >= 4 is 29.2 Å². The lowest BCUT2D eigenvalue weighted by molar-refractivity contribution is -0.124. The van der Waals surface area contributed by atoms with Gasteiger partial charge in [-0.3, -0.25) is 19.6 Å². The summed E-state index contributed by atoms with van der Waals surface area (Å²) in [6.45, 7) is 6.97. The zero-order valence-electron chi connectivity index (χ0n) is 16.4. The smallest absolute Gasteiger partial charge is 0.324 e. The second-order valence-electron chi connectivity index (χ2n) is 6.70. The van der Waals surface area contributed by atoms with Gasteiger partial charge in [-0.05, 0) is 19.1 Å². The summed E-state index contributed by atoms with van der Waals surface area (Å²) in [5.74, 6) is 0.453. The van der Waals surface area contributed by atoms with Gasteiger partial charge in [-0.2, -0.15) is 0 Å². The quantitative estimate of drug-likeness (QED) is 0.337. The molecule has 2 saturated heterocycles. The summed E-state index contributed by atoms with van der Waals surface area (Å²) < 4.78 is 5.50. The number of carbonyl (C=O) groups is 2. The maximum Gasteiger partial charge on any atom is 0.324 e. The number of carbonyl (C=O) groups excluding carboxylic acids is 2. The van der Waals surface area contributed by atoms with Crippen LogP contribution in [0, 0.1) is 6.92 Å². The molecule has 0 spiro atoms. The number of thiophene rings is 1. The molecule has 1 atom stereocenters. The zero-order chi connectivity index (χ0) is 19.9. The van der Waals surface area contributed by atoms with Gasteiger partial charge in [-0.15, -0.1) is 11.3 Å². The van der Waals surface area contributed by atoms with E-state index in [1.165, 1.54) is 14.7 Å². The zero-order valence-corrected chi connectivity index (χ0v) is 17.2. The van der Waals surface area contributed by atoms with Crippen molar-refractivity contribution in [2.45, 2.75) is 13.0 Å². The van der Waals surface area contributed by atoms with E-state index in [0.717, 1.165) is 26.3 Å². The summed E-state index contributed by atoms with van der Waals surface area (Å²) in [4.78, 5) is 33.7. The number of guanidine groups is 1. The minimum atomic E-state index is -0.338. The molecule has 9 nitrogen and oxygen atoms in total. The van der Waals surface area contributed by atoms with E-state index in [1.807, 2.05) is 11.3 Å². The highest BCUT2D eigenvalue weighted by Gasteiger charge is 2.28. The van der Waals surface area contributed by atoms with E-state index in [0.29, 0.717) is 25.6 Å². The van der Waals surface area contributed by atoms with Crippen LogP contribution in [0.4, 0.5) is 4.79 Å². The van der Waals surface area contributed by atoms with Gasteiger partial charge in [0.1, 0.15) is 0 Å². The summed E-state index contributed by atoms with van der Waals surface area (Å²) in [6.07, 6.45) is 0. The number of aliphatic imine (C=N–C) groups is 1. The highest BCUT2D eigenvalue weighted by Crippen LogP contribution is 2.27. The molecule has 28 heavy (non-hydrogen) atoms. The number of rotatable bonds is 7. The fourth-order valence-corrected chi connectivity index (χ4v) is 4.33. The number of hydrogen-bond donors (Lipinski definition) is 3. The Labute approximate surface area is 169 Å². The summed E-state index contributed by atoms with van der Waals surface area (Å²) in [7, 11) is 1.71. The maximum absolute atomic E-state index is 11.6. The first-order valence-corrected chi connectivity index (χ1v) is 10.3. The summed E-state index contributed by atoms with van der Waals surface area (Å²) >= 11 is 1.81. The average Bonchev–Trinajstić information content (AvgIpc) is 3.27. The van der Waals surface area contributed by atoms with Crippen LogP contribution >= 0.6 is 11.3 Å². The van der Waals surface area contributed by atoms with E-state index >= 15 is 0 Å². The Balaban J connectivity index is 1.53. The van der Waals surface area contributed by atoms with Crippen LogP contribution < -0.4 is 16.0 Å². The van der Waals surface area contributed by atoms with Gasteiger partial charge >= 0.3 is 6.03 Å². The van der Waals surface area contributed by atoms with Gasteiger partial charge < -0.3 is 20.7 Å². The number of nitrogens with zero attached hydrogens (tertiary/aromatic N) is 3. The van der Waals surface area contributed by atoms with Crippen molar-refractivity contribution in [3.05, 3.63) is 21.9 Å². The molecule has 3 amide bonds. The van der Waals surface area contributed by atoms with Crippen LogP contribution in [0.5, 0.6) is 0 Å². The molecule has 0 aliphatic carbocycles. The Hall–Kier alpha value is -2.17. The Bertz CT molecular complexity index is 700. The number of hydrogen-bond acceptors (Lipinski definition) is 6. The van der Waals surface area contributed by atoms with Gasteiger partial charge in [-0.1, -0.05) is 0 Å². The fraction of sp³-hybridized carbons (Fsp3) is 0.611. The van der Waals surface area contributed by atoms with Crippen molar-refractivity contribution in [3.63, 3.8) is 0 Å². The molecule has 1 unspecified atom stereocenters. The highest BCUT2D eigenvalue weighted by molar-refractivity contribution is 7.12. The number of imide groups is 1. The second-order valence-corrected chi connectivity index (χ2v) is 8.02. The molecule has 2 aliphatic rings. The van der Waals surface area contributed by atoms with Crippen molar-refractivity contribution in [1.29, 1.82) is 0 Å². The van der Waals surface area contributed by atoms with Crippen LogP contribution in [0.2, 0.25) is 0 Å². The minimum Gasteiger partial charge on any atom is -0.379 e. The lowest BCUT2D eigenvalue weighted by Crippen LogP contribution is -2.47. The third-order valence-corrected chi connectivity index (χ3v) is 5.93. The Morgan fingerprint density at radius 2 is 2.11 bits per heavy atom. The molecule has 10 heteroatoms. The van der Waals surface area contributed by atoms with Gasteiger partial charge in [0.25, 0.3) is 0 Å². The summed E-state index contributed by atoms with van der Waals surface area (Å²) in [5, 5.41) is 9.08. The summed E-state index contributed by atoms with van der Waals surface area (Å²) in [6, 6.07) is 4.25. The SMILES string of the molecule is CN=C(NCCN1C(=O)CNC1=O)NCC(c1ccc(C)s1)N1CCOCC1. The van der Waals surface area contributed by atoms with Crippen molar-refractivity contribution < 1.29 is 14.3 Å². The predicted molar refractivity (Wildman–Crippen MR) is 109 cm³/mol. The number of aryl methyl sites for hydroxylation is 1. The van der Waals surface area contributed by atoms with Crippen LogP contribution in [0.25, 0.3) is 0 Å². The summed E-state index contributed by atoms with van der Waals surface area (Å²) in [5.41, 5.74) is 0. The first-order valence-electron chi connectivity index (χ1n) is 9.49. The third kappa shape index (κ3) is 5.21. The molecule has 2 aliphatic heterocycles. The molecule has 0 radical (unpaired) electrons. The first-order chi connectivity index (χ1) is 13.6. The number of morpholine rings is 1. The number of ether oxygens (including phenoxy) is 1. The molecule has 154 valence electrons. The minimum absolute atomic E-state index is 0.0767. The number of urea groups is 1. The fourth-order valence-electron chi connectivity index (χ4n) is 3.31. The normalized spacial score (nSPS) is 19.6. The van der Waals surface area contributed by atoms with E-state index in [2.05, 4.69) is 44.9 Å². The first kappa shape index (κ1) is 20.6. The molecule has 0 bridgehead atoms. The van der Waals surface area contributed by atoms with Gasteiger partial charge in [0, 0.05) is 49.5 Å². The Kier molecular flexibility index (Phi) is 7.24. The van der Waals surface area contributed by atoms with Crippen LogP contribution in [-0.4, -0.2) is 87.2 Å². The van der Waals surface area contributed by atoms with E-state index in [4.69, 9.17) is 4.74 Å². The molecular weight excluding hydrogens is 380 g/mol. The van der Waals surface area contributed by atoms with Crippen molar-refractivity contribution in [2.75, 3.05) is 59.5 Å². The van der Waals surface area contributed by atoms with Gasteiger partial charge in [0.2, 0.25) is 5.91 Å². The van der Waals surface area contributed by atoms with Crippen LogP contribution in [0.15, 0.2) is 17.1 Å². The highest BCUT2D eigenvalue weighted by atomic mass is 32.1. The largest absolute Gasteiger partial charge is 0.379 e. The molecule has 0 aromatic carbocycles. The molecule has 2 fully saturated rings. The van der Waals surface area contributed by atoms with Crippen molar-refractivity contribution in [2.24, 2.45) is 4.99 Å². The Morgan fingerprint density at radius 1 is 1.32 bits per heavy atom. The molecule has 3 heterocycles. The standard InChI is InChI=1S/C18H28N6O3S/c1-13-3-4-15(28-13)14(23-7-9-27-10-8-23)11-21-17(19-2)20-5-6-24-16(25)12-22-18(24)26/h3-4,14H,5-12H2,1-2H3,(H,22,26)(H2,19,20,21). The van der Waals surface area contributed by atoms with Crippen LogP contribution in [-0.2, 0) is 9.53 Å². The molecule has 3 rings (SSSR count). The van der Waals surface area contributed by atoms with Gasteiger partial charge in [0.05, 0.1) is 25.8 Å². The van der Waals surface area contributed by atoms with Crippen molar-refractivity contribution in [1.82, 2.24) is 25.8 Å². The third-order valence-electron chi connectivity index (χ3n) is 4.83.